The average molecular weight is 692 g/mol. The molecular weight excluding hydrogens is 651 g/mol. The van der Waals surface area contributed by atoms with Crippen LogP contribution in [0.4, 0.5) is 24.7 Å². The number of benzene rings is 2. The molecule has 2 fully saturated rings. The van der Waals surface area contributed by atoms with Gasteiger partial charge in [-0.2, -0.15) is 5.10 Å². The fourth-order valence-corrected chi connectivity index (χ4v) is 6.35. The van der Waals surface area contributed by atoms with Gasteiger partial charge in [-0.25, -0.2) is 22.8 Å². The molecule has 0 amide bonds. The predicted octanol–water partition coefficient (Wildman–Crippen LogP) is 6.13. The molecule has 2 aromatic carbocycles. The maximum absolute atomic E-state index is 14.1. The molecule has 2 aromatic heterocycles. The number of alkyl halides is 2. The number of H-pyrrole nitrogens is 1. The van der Waals surface area contributed by atoms with E-state index in [1.54, 1.807) is 44.2 Å². The number of nitrogens with one attached hydrogen (secondary N) is 1. The van der Waals surface area contributed by atoms with Crippen LogP contribution in [0.15, 0.2) is 71.2 Å². The molecule has 14 heteroatoms. The number of halogens is 3. The van der Waals surface area contributed by atoms with E-state index in [1.807, 2.05) is 6.07 Å². The molecule has 0 aliphatic carbocycles. The number of aliphatic imine (C=N–C) groups is 1. The summed E-state index contributed by atoms with van der Waals surface area (Å²) in [6, 6.07) is 11.6. The lowest BCUT2D eigenvalue weighted by Gasteiger charge is -2.41. The number of hydrogen-bond acceptors (Lipinski definition) is 9. The summed E-state index contributed by atoms with van der Waals surface area (Å²) in [5.74, 6) is -0.449. The van der Waals surface area contributed by atoms with E-state index >= 15 is 0 Å². The van der Waals surface area contributed by atoms with Crippen LogP contribution in [0, 0.1) is 5.82 Å². The van der Waals surface area contributed by atoms with Crippen molar-refractivity contribution in [1.82, 2.24) is 19.7 Å². The van der Waals surface area contributed by atoms with Gasteiger partial charge >= 0.3 is 0 Å². The highest BCUT2D eigenvalue weighted by Crippen LogP contribution is 2.37. The molecule has 0 saturated carbocycles. The van der Waals surface area contributed by atoms with Crippen molar-refractivity contribution in [2.45, 2.75) is 39.2 Å². The van der Waals surface area contributed by atoms with Gasteiger partial charge in [0.05, 0.1) is 36.4 Å². The summed E-state index contributed by atoms with van der Waals surface area (Å²) < 4.78 is 58.7. The Morgan fingerprint density at radius 3 is 2.58 bits per heavy atom. The Bertz CT molecular complexity index is 1920. The van der Waals surface area contributed by atoms with Crippen molar-refractivity contribution in [3.63, 3.8) is 0 Å². The number of rotatable bonds is 12. The summed E-state index contributed by atoms with van der Waals surface area (Å²) in [7, 11) is 0. The van der Waals surface area contributed by atoms with Crippen LogP contribution >= 0.6 is 0 Å². The first-order valence-corrected chi connectivity index (χ1v) is 16.4. The minimum Gasteiger partial charge on any atom is -0.485 e. The normalized spacial score (nSPS) is 16.9. The Morgan fingerprint density at radius 1 is 1.14 bits per heavy atom. The molecule has 0 radical (unpaired) electrons. The highest BCUT2D eigenvalue weighted by molar-refractivity contribution is 6.13. The molecule has 2 saturated heterocycles. The second-order valence-electron chi connectivity index (χ2n) is 12.3. The van der Waals surface area contributed by atoms with Gasteiger partial charge in [-0.1, -0.05) is 12.1 Å². The van der Waals surface area contributed by atoms with E-state index in [0.717, 1.165) is 52.2 Å². The topological polar surface area (TPSA) is 123 Å². The van der Waals surface area contributed by atoms with E-state index in [1.165, 1.54) is 23.0 Å². The first-order valence-electron chi connectivity index (χ1n) is 16.4. The number of carbonyl (C=O) groups is 1. The van der Waals surface area contributed by atoms with Crippen molar-refractivity contribution < 1.29 is 32.2 Å². The molecule has 4 aromatic rings. The smallest absolute Gasteiger partial charge is 0.272 e. The van der Waals surface area contributed by atoms with Crippen molar-refractivity contribution in [2.24, 2.45) is 4.99 Å². The van der Waals surface area contributed by atoms with Gasteiger partial charge in [0.2, 0.25) is 11.7 Å². The predicted molar refractivity (Wildman–Crippen MR) is 187 cm³/mol. The summed E-state index contributed by atoms with van der Waals surface area (Å²) in [6.07, 6.45) is 2.16. The first-order chi connectivity index (χ1) is 24.1. The van der Waals surface area contributed by atoms with Crippen LogP contribution in [-0.2, 0) is 4.74 Å². The summed E-state index contributed by atoms with van der Waals surface area (Å²) in [6.45, 7) is 11.1. The number of nitrogen functional groups attached to an aromatic ring is 1. The molecule has 0 bridgehead atoms. The second kappa shape index (κ2) is 15.2. The van der Waals surface area contributed by atoms with Gasteiger partial charge in [0.15, 0.2) is 11.6 Å². The van der Waals surface area contributed by atoms with Gasteiger partial charge in [-0.05, 0) is 69.3 Å². The van der Waals surface area contributed by atoms with E-state index in [4.69, 9.17) is 19.9 Å². The number of ether oxygens (including phenoxy) is 3. The van der Waals surface area contributed by atoms with E-state index in [-0.39, 0.29) is 28.7 Å². The summed E-state index contributed by atoms with van der Waals surface area (Å²) in [4.78, 5) is 25.4. The lowest BCUT2D eigenvalue weighted by atomic mass is 10.0. The first kappa shape index (κ1) is 34.8. The quantitative estimate of drug-likeness (QED) is 0.0788. The third-order valence-corrected chi connectivity index (χ3v) is 9.16. The number of anilines is 2. The van der Waals surface area contributed by atoms with Crippen molar-refractivity contribution in [1.29, 1.82) is 0 Å². The minimum atomic E-state index is -2.64. The number of aromatic amines is 1. The summed E-state index contributed by atoms with van der Waals surface area (Å²) in [5, 5.41) is 4.98. The third-order valence-electron chi connectivity index (χ3n) is 9.16. The Labute approximate surface area is 287 Å². The van der Waals surface area contributed by atoms with Gasteiger partial charge in [0.1, 0.15) is 18.2 Å². The maximum Gasteiger partial charge on any atom is 0.272 e. The maximum atomic E-state index is 14.1. The van der Waals surface area contributed by atoms with Crippen LogP contribution < -0.4 is 20.1 Å². The number of allylic oxidation sites excluding steroid dienone is 3. The number of aromatic nitrogens is 3. The monoisotopic (exact) mass is 691 g/mol. The standard InChI is InChI=1S/C36H40F3N7O4/c1-22(16-34(41-3)50-31-7-5-4-6-27(31)37)23(2)46-36(40)26(20-42-46)35(47)29-17-24-18-32(49-21-33(38)39)30(19-28(24)43-29)45-10-8-25(9-11-45)44-12-14-48-15-13-44/h4-7,16-20,25,33,43H,3,8-15,21,40H2,1-2H3/b23-22+,34-16+. The number of ketones is 1. The Hall–Kier alpha value is -5.08. The lowest BCUT2D eigenvalue weighted by Crippen LogP contribution is -2.49. The van der Waals surface area contributed by atoms with Crippen LogP contribution in [0.25, 0.3) is 16.6 Å². The lowest BCUT2D eigenvalue weighted by molar-refractivity contribution is 0.0114. The van der Waals surface area contributed by atoms with E-state index < -0.39 is 24.6 Å². The number of nitrogens with zero attached hydrogens (tertiary/aromatic N) is 5. The number of para-hydroxylation sites is 1. The van der Waals surface area contributed by atoms with Crippen LogP contribution in [0.2, 0.25) is 0 Å². The van der Waals surface area contributed by atoms with Crippen LogP contribution in [0.1, 0.15) is 42.7 Å². The third kappa shape index (κ3) is 7.55. The van der Waals surface area contributed by atoms with Gasteiger partial charge in [-0.15, -0.1) is 0 Å². The van der Waals surface area contributed by atoms with E-state index in [9.17, 15) is 18.0 Å². The summed E-state index contributed by atoms with van der Waals surface area (Å²) >= 11 is 0. The molecule has 0 atom stereocenters. The van der Waals surface area contributed by atoms with Gasteiger partial charge in [-0.3, -0.25) is 9.69 Å². The molecule has 2 aliphatic rings. The zero-order valence-electron chi connectivity index (χ0n) is 28.0. The van der Waals surface area contributed by atoms with Gasteiger partial charge < -0.3 is 29.8 Å². The Morgan fingerprint density at radius 2 is 1.88 bits per heavy atom. The zero-order chi connectivity index (χ0) is 35.4. The Balaban J connectivity index is 1.23. The highest BCUT2D eigenvalue weighted by atomic mass is 19.3. The van der Waals surface area contributed by atoms with Crippen molar-refractivity contribution >= 4 is 40.6 Å². The van der Waals surface area contributed by atoms with Crippen LogP contribution in [-0.4, -0.2) is 90.6 Å². The molecule has 0 unspecified atom stereocenters. The summed E-state index contributed by atoms with van der Waals surface area (Å²) in [5.41, 5.74) is 9.41. The number of hydrogen-bond donors (Lipinski definition) is 2. The van der Waals surface area contributed by atoms with Gasteiger partial charge in [0, 0.05) is 54.9 Å². The number of morpholine rings is 1. The van der Waals surface area contributed by atoms with E-state index in [2.05, 4.69) is 31.6 Å². The number of fused-ring (bicyclic) bond motifs is 1. The molecule has 0 spiro atoms. The minimum absolute atomic E-state index is 0.00501. The SMILES string of the molecule is C=N/C(=C\C(C)=C(/C)n1ncc(C(=O)c2cc3cc(OCC(F)F)c(N4CCC(N5CCOCC5)CC4)cc3[nH]2)c1N)Oc1ccccc1F. The van der Waals surface area contributed by atoms with Crippen LogP contribution in [0.3, 0.4) is 0 Å². The largest absolute Gasteiger partial charge is 0.485 e. The number of nitrogens with two attached hydrogens (primary N) is 1. The van der Waals surface area contributed by atoms with Crippen molar-refractivity contribution in [2.75, 3.05) is 56.6 Å². The van der Waals surface area contributed by atoms with Gasteiger partial charge in [0.25, 0.3) is 6.43 Å². The molecule has 6 rings (SSSR count). The van der Waals surface area contributed by atoms with Crippen molar-refractivity contribution in [3.05, 3.63) is 83.3 Å². The molecule has 4 heterocycles. The fourth-order valence-electron chi connectivity index (χ4n) is 6.35. The van der Waals surface area contributed by atoms with E-state index in [0.29, 0.717) is 39.7 Å². The highest BCUT2D eigenvalue weighted by Gasteiger charge is 2.28. The molecule has 2 aliphatic heterocycles. The molecule has 264 valence electrons. The zero-order valence-corrected chi connectivity index (χ0v) is 28.0. The molecule has 50 heavy (non-hydrogen) atoms. The number of carbonyl (C=O) groups excluding carboxylic acids is 1. The second-order valence-corrected chi connectivity index (χ2v) is 12.3. The average Bonchev–Trinajstić information content (AvgIpc) is 3.73. The Kier molecular flexibility index (Phi) is 10.6. The molecule has 11 nitrogen and oxygen atoms in total. The molecule has 3 N–H and O–H groups in total. The van der Waals surface area contributed by atoms with Crippen LogP contribution in [0.5, 0.6) is 11.5 Å². The fraction of sp³-hybridized carbons (Fsp3) is 0.361. The molecular formula is C36H40F3N7O4. The number of piperidine rings is 1. The van der Waals surface area contributed by atoms with Crippen molar-refractivity contribution in [3.8, 4) is 11.5 Å².